The number of carbonyl (C=O) groups is 1. The molecule has 4 rings (SSSR count). The molecule has 1 atom stereocenters. The van der Waals surface area contributed by atoms with Gasteiger partial charge in [-0.3, -0.25) is 4.79 Å². The molecule has 0 amide bonds. The molecule has 160 valence electrons. The number of carboxylic acid groups (broad SMARTS) is 1. The number of ether oxygens (including phenoxy) is 1. The van der Waals surface area contributed by atoms with E-state index in [1.54, 1.807) is 0 Å². The lowest BCUT2D eigenvalue weighted by atomic mass is 9.89. The molecule has 32 heavy (non-hydrogen) atoms. The Bertz CT molecular complexity index is 1150. The molecule has 0 aliphatic carbocycles. The molecule has 4 aromatic rings. The first-order chi connectivity index (χ1) is 15.6. The van der Waals surface area contributed by atoms with Gasteiger partial charge >= 0.3 is 5.97 Å². The monoisotopic (exact) mass is 442 g/mol. The van der Waals surface area contributed by atoms with Crippen LogP contribution in [-0.4, -0.2) is 11.1 Å². The molecule has 1 unspecified atom stereocenters. The van der Waals surface area contributed by atoms with Crippen molar-refractivity contribution < 1.29 is 14.6 Å². The van der Waals surface area contributed by atoms with E-state index in [-0.39, 0.29) is 12.3 Å². The standard InChI is InChI=1S/C28H23ClO3/c29-25-12-6-21(7-13-25)22-8-14-26(15-9-22)32-27-16-10-23(11-17-27)24(19-28(30)31)18-20-4-2-1-3-5-20/h1-17,24H,18-19H2,(H,30,31). The Labute approximate surface area is 192 Å². The lowest BCUT2D eigenvalue weighted by Crippen LogP contribution is -2.09. The van der Waals surface area contributed by atoms with Gasteiger partial charge in [-0.05, 0) is 71.0 Å². The fourth-order valence-corrected chi connectivity index (χ4v) is 3.85. The minimum atomic E-state index is -0.799. The second-order valence-corrected chi connectivity index (χ2v) is 8.12. The Kier molecular flexibility index (Phi) is 6.88. The third-order valence-electron chi connectivity index (χ3n) is 5.37. The van der Waals surface area contributed by atoms with E-state index in [0.29, 0.717) is 17.2 Å². The molecule has 0 heterocycles. The summed E-state index contributed by atoms with van der Waals surface area (Å²) in [7, 11) is 0. The fraction of sp³-hybridized carbons (Fsp3) is 0.107. The summed E-state index contributed by atoms with van der Waals surface area (Å²) in [6, 6.07) is 33.3. The minimum absolute atomic E-state index is 0.0846. The van der Waals surface area contributed by atoms with Gasteiger partial charge in [0.1, 0.15) is 11.5 Å². The number of benzene rings is 4. The van der Waals surface area contributed by atoms with Crippen molar-refractivity contribution in [2.75, 3.05) is 0 Å². The van der Waals surface area contributed by atoms with Crippen molar-refractivity contribution >= 4 is 17.6 Å². The first-order valence-corrected chi connectivity index (χ1v) is 10.8. The Balaban J connectivity index is 1.45. The molecule has 0 spiro atoms. The summed E-state index contributed by atoms with van der Waals surface area (Å²) >= 11 is 5.96. The smallest absolute Gasteiger partial charge is 0.303 e. The highest BCUT2D eigenvalue weighted by atomic mass is 35.5. The van der Waals surface area contributed by atoms with Gasteiger partial charge in [0.25, 0.3) is 0 Å². The summed E-state index contributed by atoms with van der Waals surface area (Å²) in [5.74, 6) is 0.554. The van der Waals surface area contributed by atoms with E-state index in [1.165, 1.54) is 0 Å². The SMILES string of the molecule is O=C(O)CC(Cc1ccccc1)c1ccc(Oc2ccc(-c3ccc(Cl)cc3)cc2)cc1. The molecule has 0 aliphatic heterocycles. The van der Waals surface area contributed by atoms with Crippen molar-refractivity contribution in [3.05, 3.63) is 119 Å². The second-order valence-electron chi connectivity index (χ2n) is 7.69. The average molecular weight is 443 g/mol. The Morgan fingerprint density at radius 2 is 1.28 bits per heavy atom. The lowest BCUT2D eigenvalue weighted by Gasteiger charge is -2.16. The molecule has 0 bridgehead atoms. The van der Waals surface area contributed by atoms with Crippen LogP contribution in [0.4, 0.5) is 0 Å². The van der Waals surface area contributed by atoms with Gasteiger partial charge in [-0.1, -0.05) is 78.3 Å². The maximum Gasteiger partial charge on any atom is 0.303 e. The highest BCUT2D eigenvalue weighted by Gasteiger charge is 2.16. The molecule has 0 aliphatic rings. The number of carboxylic acids is 1. The number of halogens is 1. The van der Waals surface area contributed by atoms with E-state index in [4.69, 9.17) is 16.3 Å². The van der Waals surface area contributed by atoms with Gasteiger partial charge in [-0.2, -0.15) is 0 Å². The van der Waals surface area contributed by atoms with Crippen molar-refractivity contribution in [2.24, 2.45) is 0 Å². The minimum Gasteiger partial charge on any atom is -0.481 e. The van der Waals surface area contributed by atoms with Crippen LogP contribution >= 0.6 is 11.6 Å². The van der Waals surface area contributed by atoms with E-state index < -0.39 is 5.97 Å². The summed E-state index contributed by atoms with van der Waals surface area (Å²) in [5, 5.41) is 10.1. The fourth-order valence-electron chi connectivity index (χ4n) is 3.72. The molecule has 4 heteroatoms. The number of hydrogen-bond donors (Lipinski definition) is 1. The summed E-state index contributed by atoms with van der Waals surface area (Å²) in [4.78, 5) is 11.4. The zero-order valence-corrected chi connectivity index (χ0v) is 18.2. The number of hydrogen-bond acceptors (Lipinski definition) is 2. The molecule has 0 aromatic heterocycles. The second kappa shape index (κ2) is 10.2. The van der Waals surface area contributed by atoms with Crippen LogP contribution in [0.5, 0.6) is 11.5 Å². The normalized spacial score (nSPS) is 11.7. The highest BCUT2D eigenvalue weighted by molar-refractivity contribution is 6.30. The zero-order valence-electron chi connectivity index (χ0n) is 17.4. The van der Waals surface area contributed by atoms with Crippen LogP contribution in [0.25, 0.3) is 11.1 Å². The average Bonchev–Trinajstić information content (AvgIpc) is 2.81. The molecule has 4 aromatic carbocycles. The van der Waals surface area contributed by atoms with Crippen LogP contribution in [0.1, 0.15) is 23.5 Å². The quantitative estimate of drug-likeness (QED) is 0.305. The zero-order chi connectivity index (χ0) is 22.3. The molecule has 0 saturated carbocycles. The maximum atomic E-state index is 11.4. The van der Waals surface area contributed by atoms with Crippen molar-refractivity contribution in [3.8, 4) is 22.6 Å². The van der Waals surface area contributed by atoms with Crippen molar-refractivity contribution in [3.63, 3.8) is 0 Å². The van der Waals surface area contributed by atoms with Gasteiger partial charge in [-0.25, -0.2) is 0 Å². The van der Waals surface area contributed by atoms with Crippen LogP contribution in [0, 0.1) is 0 Å². The molecule has 0 radical (unpaired) electrons. The van der Waals surface area contributed by atoms with Gasteiger partial charge in [0.15, 0.2) is 0 Å². The largest absolute Gasteiger partial charge is 0.481 e. The first kappa shape index (κ1) is 21.7. The Hall–Kier alpha value is -3.56. The van der Waals surface area contributed by atoms with E-state index in [0.717, 1.165) is 28.0 Å². The molecule has 1 N–H and O–H groups in total. The summed E-state index contributed by atoms with van der Waals surface area (Å²) < 4.78 is 5.99. The number of rotatable bonds is 8. The van der Waals surface area contributed by atoms with Crippen LogP contribution in [0.2, 0.25) is 5.02 Å². The summed E-state index contributed by atoms with van der Waals surface area (Å²) in [6.45, 7) is 0. The summed E-state index contributed by atoms with van der Waals surface area (Å²) in [6.07, 6.45) is 0.765. The van der Waals surface area contributed by atoms with Gasteiger partial charge in [0.05, 0.1) is 6.42 Å². The predicted octanol–water partition coefficient (Wildman–Crippen LogP) is 7.60. The van der Waals surface area contributed by atoms with Gasteiger partial charge in [-0.15, -0.1) is 0 Å². The third-order valence-corrected chi connectivity index (χ3v) is 5.62. The lowest BCUT2D eigenvalue weighted by molar-refractivity contribution is -0.137. The van der Waals surface area contributed by atoms with Crippen molar-refractivity contribution in [1.29, 1.82) is 0 Å². The van der Waals surface area contributed by atoms with Crippen molar-refractivity contribution in [1.82, 2.24) is 0 Å². The van der Waals surface area contributed by atoms with E-state index in [1.807, 2.05) is 103 Å². The maximum absolute atomic E-state index is 11.4. The van der Waals surface area contributed by atoms with E-state index in [9.17, 15) is 9.90 Å². The number of aliphatic carboxylic acids is 1. The Morgan fingerprint density at radius 3 is 1.84 bits per heavy atom. The van der Waals surface area contributed by atoms with E-state index >= 15 is 0 Å². The summed E-state index contributed by atoms with van der Waals surface area (Å²) in [5.41, 5.74) is 4.29. The molecule has 0 saturated heterocycles. The molecule has 0 fully saturated rings. The van der Waals surface area contributed by atoms with Crippen LogP contribution in [0.3, 0.4) is 0 Å². The first-order valence-electron chi connectivity index (χ1n) is 10.5. The third kappa shape index (κ3) is 5.77. The van der Waals surface area contributed by atoms with Gasteiger partial charge in [0, 0.05) is 5.02 Å². The molecular formula is C28H23ClO3. The molecular weight excluding hydrogens is 420 g/mol. The molecule has 3 nitrogen and oxygen atoms in total. The van der Waals surface area contributed by atoms with Crippen LogP contribution in [0.15, 0.2) is 103 Å². The van der Waals surface area contributed by atoms with Gasteiger partial charge < -0.3 is 9.84 Å². The van der Waals surface area contributed by atoms with Gasteiger partial charge in [0.2, 0.25) is 0 Å². The topological polar surface area (TPSA) is 46.5 Å². The van der Waals surface area contributed by atoms with Crippen LogP contribution < -0.4 is 4.74 Å². The predicted molar refractivity (Wildman–Crippen MR) is 129 cm³/mol. The van der Waals surface area contributed by atoms with E-state index in [2.05, 4.69) is 0 Å². The van der Waals surface area contributed by atoms with Crippen molar-refractivity contribution in [2.45, 2.75) is 18.8 Å². The van der Waals surface area contributed by atoms with Crippen LogP contribution in [-0.2, 0) is 11.2 Å². The Morgan fingerprint density at radius 1 is 0.750 bits per heavy atom. The highest BCUT2D eigenvalue weighted by Crippen LogP contribution is 2.30.